The van der Waals surface area contributed by atoms with Crippen molar-refractivity contribution in [3.63, 3.8) is 0 Å². The average Bonchev–Trinajstić information content (AvgIpc) is 2.99. The molecule has 2 amide bonds. The van der Waals surface area contributed by atoms with Gasteiger partial charge in [0.1, 0.15) is 12.4 Å². The highest BCUT2D eigenvalue weighted by atomic mass is 19.1. The smallest absolute Gasteiger partial charge is 0.414 e. The molecule has 0 N–H and O–H groups in total. The average molecular weight is 424 g/mol. The number of methoxy groups -OCH3 is 1. The molecule has 2 heterocycles. The minimum absolute atomic E-state index is 0.171. The third-order valence-corrected chi connectivity index (χ3v) is 6.62. The molecular formula is C23H21FN2O5. The molecule has 0 radical (unpaired) electrons. The molecule has 2 fully saturated rings. The summed E-state index contributed by atoms with van der Waals surface area (Å²) >= 11 is 0. The van der Waals surface area contributed by atoms with E-state index in [2.05, 4.69) is 0 Å². The number of amides is 2. The Bertz CT molecular complexity index is 1160. The highest BCUT2D eigenvalue weighted by Gasteiger charge is 2.72. The van der Waals surface area contributed by atoms with E-state index in [1.807, 2.05) is 13.8 Å². The predicted molar refractivity (Wildman–Crippen MR) is 110 cm³/mol. The number of cyclic esters (lactones) is 1. The Morgan fingerprint density at radius 3 is 2.45 bits per heavy atom. The minimum atomic E-state index is -0.807. The molecule has 160 valence electrons. The maximum atomic E-state index is 14.1. The molecule has 7 nitrogen and oxygen atoms in total. The van der Waals surface area contributed by atoms with E-state index < -0.39 is 23.3 Å². The van der Waals surface area contributed by atoms with Crippen LogP contribution in [-0.4, -0.2) is 38.2 Å². The molecule has 2 aromatic carbocycles. The first-order valence-electron chi connectivity index (χ1n) is 10.0. The van der Waals surface area contributed by atoms with Gasteiger partial charge in [0.05, 0.1) is 41.7 Å². The molecule has 1 unspecified atom stereocenters. The van der Waals surface area contributed by atoms with E-state index >= 15 is 0 Å². The fourth-order valence-corrected chi connectivity index (χ4v) is 4.90. The lowest BCUT2D eigenvalue weighted by molar-refractivity contribution is -0.120. The molecule has 1 spiro atoms. The van der Waals surface area contributed by atoms with Crippen LogP contribution in [0.5, 0.6) is 0 Å². The van der Waals surface area contributed by atoms with Gasteiger partial charge in [-0.2, -0.15) is 0 Å². The summed E-state index contributed by atoms with van der Waals surface area (Å²) in [5, 5.41) is 0. The maximum Gasteiger partial charge on any atom is 0.414 e. The van der Waals surface area contributed by atoms with Crippen molar-refractivity contribution in [2.75, 3.05) is 30.1 Å². The first-order valence-corrected chi connectivity index (χ1v) is 10.0. The number of hydrogen-bond donors (Lipinski definition) is 0. The number of esters is 1. The summed E-state index contributed by atoms with van der Waals surface area (Å²) in [6, 6.07) is 9.07. The second-order valence-electron chi connectivity index (χ2n) is 8.76. The number of anilines is 3. The van der Waals surface area contributed by atoms with Crippen LogP contribution in [0.4, 0.5) is 26.2 Å². The van der Waals surface area contributed by atoms with Gasteiger partial charge in [0.15, 0.2) is 0 Å². The second-order valence-corrected chi connectivity index (χ2v) is 8.76. The molecule has 1 saturated heterocycles. The Morgan fingerprint density at radius 1 is 1.13 bits per heavy atom. The monoisotopic (exact) mass is 424 g/mol. The molecule has 0 aromatic heterocycles. The lowest BCUT2D eigenvalue weighted by Crippen LogP contribution is -2.31. The third-order valence-electron chi connectivity index (χ3n) is 6.62. The van der Waals surface area contributed by atoms with Crippen molar-refractivity contribution in [2.45, 2.75) is 25.7 Å². The fourth-order valence-electron chi connectivity index (χ4n) is 4.90. The molecule has 1 aliphatic carbocycles. The normalized spacial score (nSPS) is 23.2. The van der Waals surface area contributed by atoms with Crippen molar-refractivity contribution in [2.24, 2.45) is 5.41 Å². The Balaban J connectivity index is 1.69. The zero-order valence-corrected chi connectivity index (χ0v) is 17.4. The number of nitrogens with zero attached hydrogens (tertiary/aromatic N) is 2. The number of carbonyl (C=O) groups is 3. The molecule has 5 rings (SSSR count). The number of carbonyl (C=O) groups excluding carboxylic acids is 3. The van der Waals surface area contributed by atoms with E-state index in [0.717, 1.165) is 0 Å². The number of rotatable bonds is 3. The van der Waals surface area contributed by atoms with Gasteiger partial charge in [0, 0.05) is 0 Å². The van der Waals surface area contributed by atoms with Gasteiger partial charge in [-0.1, -0.05) is 13.8 Å². The Labute approximate surface area is 178 Å². The van der Waals surface area contributed by atoms with Crippen LogP contribution in [0.3, 0.4) is 0 Å². The summed E-state index contributed by atoms with van der Waals surface area (Å²) in [7, 11) is 1.26. The minimum Gasteiger partial charge on any atom is -0.465 e. The lowest BCUT2D eigenvalue weighted by atomic mass is 9.89. The summed E-state index contributed by atoms with van der Waals surface area (Å²) in [5.41, 5.74) is 1.13. The predicted octanol–water partition coefficient (Wildman–Crippen LogP) is 3.91. The van der Waals surface area contributed by atoms with Crippen LogP contribution in [0.15, 0.2) is 36.4 Å². The van der Waals surface area contributed by atoms with Crippen LogP contribution < -0.4 is 9.80 Å². The van der Waals surface area contributed by atoms with Gasteiger partial charge in [-0.15, -0.1) is 0 Å². The van der Waals surface area contributed by atoms with Crippen molar-refractivity contribution >= 4 is 35.0 Å². The molecule has 1 atom stereocenters. The van der Waals surface area contributed by atoms with Crippen LogP contribution in [-0.2, 0) is 19.7 Å². The maximum absolute atomic E-state index is 14.1. The Kier molecular flexibility index (Phi) is 3.96. The first kappa shape index (κ1) is 19.5. The third kappa shape index (κ3) is 2.60. The van der Waals surface area contributed by atoms with Crippen LogP contribution in [0.25, 0.3) is 0 Å². The summed E-state index contributed by atoms with van der Waals surface area (Å²) in [5.74, 6) is -1.17. The summed E-state index contributed by atoms with van der Waals surface area (Å²) in [6.45, 7) is 4.54. The molecule has 0 bridgehead atoms. The largest absolute Gasteiger partial charge is 0.465 e. The van der Waals surface area contributed by atoms with E-state index in [4.69, 9.17) is 9.47 Å². The van der Waals surface area contributed by atoms with Crippen LogP contribution in [0.1, 0.15) is 36.2 Å². The second kappa shape index (κ2) is 6.29. The zero-order chi connectivity index (χ0) is 22.1. The Morgan fingerprint density at radius 2 is 1.84 bits per heavy atom. The molecule has 2 aromatic rings. The molecule has 8 heteroatoms. The van der Waals surface area contributed by atoms with Crippen molar-refractivity contribution in [3.8, 4) is 0 Å². The highest BCUT2D eigenvalue weighted by molar-refractivity contribution is 6.16. The standard InChI is InChI=1S/C23H21FN2O5/c1-22(2)12-23(22)17-10-14(24)4-5-18(17)26(20(23)28)16-9-13(19(27)30-3)8-15(11-16)25-6-7-31-21(25)29/h4-5,8-11H,6-7,12H2,1-3H3. The van der Waals surface area contributed by atoms with Crippen molar-refractivity contribution in [1.82, 2.24) is 0 Å². The van der Waals surface area contributed by atoms with Crippen molar-refractivity contribution in [3.05, 3.63) is 53.3 Å². The van der Waals surface area contributed by atoms with Gasteiger partial charge < -0.3 is 9.47 Å². The summed E-state index contributed by atoms with van der Waals surface area (Å²) in [4.78, 5) is 41.1. The molecule has 3 aliphatic rings. The number of fused-ring (bicyclic) bond motifs is 2. The fraction of sp³-hybridized carbons (Fsp3) is 0.348. The van der Waals surface area contributed by atoms with Gasteiger partial charge in [-0.05, 0) is 53.8 Å². The number of hydrogen-bond acceptors (Lipinski definition) is 5. The van der Waals surface area contributed by atoms with Gasteiger partial charge in [-0.3, -0.25) is 14.6 Å². The van der Waals surface area contributed by atoms with Crippen molar-refractivity contribution in [1.29, 1.82) is 0 Å². The van der Waals surface area contributed by atoms with Crippen molar-refractivity contribution < 1.29 is 28.2 Å². The Hall–Kier alpha value is -3.42. The summed E-state index contributed by atoms with van der Waals surface area (Å²) < 4.78 is 24.0. The van der Waals surface area contributed by atoms with E-state index in [1.54, 1.807) is 18.2 Å². The quantitative estimate of drug-likeness (QED) is 0.699. The molecule has 1 saturated carbocycles. The van der Waals surface area contributed by atoms with Crippen LogP contribution in [0.2, 0.25) is 0 Å². The van der Waals surface area contributed by atoms with Gasteiger partial charge in [0.25, 0.3) is 0 Å². The lowest BCUT2D eigenvalue weighted by Gasteiger charge is -2.22. The first-order chi connectivity index (χ1) is 14.7. The van der Waals surface area contributed by atoms with E-state index in [1.165, 1.54) is 35.1 Å². The summed E-state index contributed by atoms with van der Waals surface area (Å²) in [6.07, 6.45) is 0.0799. The van der Waals surface area contributed by atoms with Gasteiger partial charge in [-0.25, -0.2) is 14.0 Å². The van der Waals surface area contributed by atoms with E-state index in [0.29, 0.717) is 35.6 Å². The molecule has 31 heavy (non-hydrogen) atoms. The number of halogens is 1. The van der Waals surface area contributed by atoms with Gasteiger partial charge in [0.2, 0.25) is 5.91 Å². The van der Waals surface area contributed by atoms with Crippen LogP contribution >= 0.6 is 0 Å². The zero-order valence-electron chi connectivity index (χ0n) is 17.4. The van der Waals surface area contributed by atoms with E-state index in [9.17, 15) is 18.8 Å². The van der Waals surface area contributed by atoms with E-state index in [-0.39, 0.29) is 23.5 Å². The SMILES string of the molecule is COC(=O)c1cc(N2CCOC2=O)cc(N2C(=O)C3(CC3(C)C)c3cc(F)ccc32)c1. The highest BCUT2D eigenvalue weighted by Crippen LogP contribution is 2.70. The molecular weight excluding hydrogens is 403 g/mol. The molecule has 2 aliphatic heterocycles. The van der Waals surface area contributed by atoms with Gasteiger partial charge >= 0.3 is 12.1 Å². The van der Waals surface area contributed by atoms with Crippen LogP contribution in [0, 0.1) is 11.2 Å². The topological polar surface area (TPSA) is 76.2 Å². The number of benzene rings is 2. The number of ether oxygens (including phenoxy) is 2.